The molecule has 3 rings (SSSR count). The van der Waals surface area contributed by atoms with Gasteiger partial charge in [0, 0.05) is 11.6 Å². The van der Waals surface area contributed by atoms with Crippen molar-refractivity contribution in [3.63, 3.8) is 0 Å². The smallest absolute Gasteiger partial charge is 0.265 e. The second-order valence-electron chi connectivity index (χ2n) is 5.13. The van der Waals surface area contributed by atoms with Gasteiger partial charge in [0.2, 0.25) is 0 Å². The maximum atomic E-state index is 12.4. The van der Waals surface area contributed by atoms with Crippen molar-refractivity contribution in [2.24, 2.45) is 0 Å². The highest BCUT2D eigenvalue weighted by Gasteiger charge is 2.22. The molecular weight excluding hydrogens is 286 g/mol. The van der Waals surface area contributed by atoms with Gasteiger partial charge in [-0.3, -0.25) is 4.79 Å². The van der Waals surface area contributed by atoms with Crippen LogP contribution in [0.25, 0.3) is 11.3 Å². The van der Waals surface area contributed by atoms with Crippen molar-refractivity contribution in [2.75, 3.05) is 7.11 Å². The van der Waals surface area contributed by atoms with Crippen LogP contribution in [0.5, 0.6) is 5.75 Å². The molecule has 1 saturated carbocycles. The molecule has 1 aliphatic rings. The Labute approximate surface area is 127 Å². The van der Waals surface area contributed by atoms with Crippen molar-refractivity contribution in [1.82, 2.24) is 14.9 Å². The minimum absolute atomic E-state index is 0.0669. The molecule has 0 spiro atoms. The van der Waals surface area contributed by atoms with Gasteiger partial charge in [-0.05, 0) is 48.6 Å². The summed E-state index contributed by atoms with van der Waals surface area (Å²) in [6, 6.07) is 7.79. The van der Waals surface area contributed by atoms with Crippen LogP contribution in [-0.4, -0.2) is 28.6 Å². The van der Waals surface area contributed by atoms with E-state index in [0.717, 1.165) is 35.7 Å². The zero-order chi connectivity index (χ0) is 14.7. The SMILES string of the molecule is COc1ccc(-c2nnsc2C(=O)NC2CCCC2)cc1. The van der Waals surface area contributed by atoms with Gasteiger partial charge in [0.1, 0.15) is 16.3 Å². The first kappa shape index (κ1) is 14.0. The Kier molecular flexibility index (Phi) is 4.15. The van der Waals surface area contributed by atoms with Crippen LogP contribution < -0.4 is 10.1 Å². The Morgan fingerprint density at radius 3 is 2.67 bits per heavy atom. The van der Waals surface area contributed by atoms with E-state index in [1.54, 1.807) is 7.11 Å². The lowest BCUT2D eigenvalue weighted by Crippen LogP contribution is -2.32. The predicted molar refractivity (Wildman–Crippen MR) is 81.6 cm³/mol. The molecule has 1 amide bonds. The zero-order valence-corrected chi connectivity index (χ0v) is 12.7. The number of nitrogens with zero attached hydrogens (tertiary/aromatic N) is 2. The molecule has 1 heterocycles. The average Bonchev–Trinajstić information content (AvgIpc) is 3.18. The molecule has 1 aromatic carbocycles. The molecule has 0 aliphatic heterocycles. The highest BCUT2D eigenvalue weighted by molar-refractivity contribution is 7.08. The van der Waals surface area contributed by atoms with E-state index in [1.807, 2.05) is 24.3 Å². The first-order valence-corrected chi connectivity index (χ1v) is 7.83. The minimum atomic E-state index is -0.0669. The van der Waals surface area contributed by atoms with Gasteiger partial charge < -0.3 is 10.1 Å². The molecule has 0 saturated heterocycles. The van der Waals surface area contributed by atoms with E-state index in [9.17, 15) is 4.79 Å². The maximum absolute atomic E-state index is 12.4. The predicted octanol–water partition coefficient (Wildman–Crippen LogP) is 2.89. The summed E-state index contributed by atoms with van der Waals surface area (Å²) in [5.41, 5.74) is 1.51. The molecule has 1 aromatic heterocycles. The fraction of sp³-hybridized carbons (Fsp3) is 0.400. The molecule has 0 radical (unpaired) electrons. The number of benzene rings is 1. The Morgan fingerprint density at radius 1 is 1.29 bits per heavy atom. The fourth-order valence-electron chi connectivity index (χ4n) is 2.60. The molecule has 2 aromatic rings. The number of hydrogen-bond donors (Lipinski definition) is 1. The monoisotopic (exact) mass is 303 g/mol. The molecule has 21 heavy (non-hydrogen) atoms. The summed E-state index contributed by atoms with van der Waals surface area (Å²) >= 11 is 1.14. The Morgan fingerprint density at radius 2 is 2.00 bits per heavy atom. The number of carbonyl (C=O) groups is 1. The third-order valence-corrected chi connectivity index (χ3v) is 4.47. The first-order valence-electron chi connectivity index (χ1n) is 7.05. The molecule has 6 heteroatoms. The Hall–Kier alpha value is -1.95. The number of ether oxygens (including phenoxy) is 1. The van der Waals surface area contributed by atoms with Crippen LogP contribution in [0, 0.1) is 0 Å². The van der Waals surface area contributed by atoms with E-state index < -0.39 is 0 Å². The second-order valence-corrected chi connectivity index (χ2v) is 5.89. The molecule has 110 valence electrons. The molecule has 1 fully saturated rings. The van der Waals surface area contributed by atoms with Gasteiger partial charge in [0.25, 0.3) is 5.91 Å². The molecule has 0 atom stereocenters. The number of methoxy groups -OCH3 is 1. The number of nitrogens with one attached hydrogen (secondary N) is 1. The van der Waals surface area contributed by atoms with E-state index in [1.165, 1.54) is 12.8 Å². The molecule has 1 aliphatic carbocycles. The number of rotatable bonds is 4. The minimum Gasteiger partial charge on any atom is -0.497 e. The van der Waals surface area contributed by atoms with Crippen molar-refractivity contribution < 1.29 is 9.53 Å². The van der Waals surface area contributed by atoms with Crippen LogP contribution in [0.1, 0.15) is 35.4 Å². The van der Waals surface area contributed by atoms with E-state index in [4.69, 9.17) is 4.74 Å². The van der Waals surface area contributed by atoms with E-state index in [2.05, 4.69) is 14.9 Å². The summed E-state index contributed by atoms with van der Waals surface area (Å²) in [5, 5.41) is 7.19. The lowest BCUT2D eigenvalue weighted by molar-refractivity contribution is 0.0942. The van der Waals surface area contributed by atoms with Gasteiger partial charge in [-0.1, -0.05) is 17.3 Å². The van der Waals surface area contributed by atoms with Crippen molar-refractivity contribution in [2.45, 2.75) is 31.7 Å². The average molecular weight is 303 g/mol. The lowest BCUT2D eigenvalue weighted by atomic mass is 10.1. The van der Waals surface area contributed by atoms with Crippen LogP contribution in [-0.2, 0) is 0 Å². The quantitative estimate of drug-likeness (QED) is 0.943. The normalized spacial score (nSPS) is 15.1. The summed E-state index contributed by atoms with van der Waals surface area (Å²) in [7, 11) is 1.62. The molecule has 1 N–H and O–H groups in total. The summed E-state index contributed by atoms with van der Waals surface area (Å²) < 4.78 is 9.08. The van der Waals surface area contributed by atoms with Crippen LogP contribution in [0.4, 0.5) is 0 Å². The largest absolute Gasteiger partial charge is 0.497 e. The maximum Gasteiger partial charge on any atom is 0.265 e. The Bertz CT molecular complexity index is 618. The molecule has 5 nitrogen and oxygen atoms in total. The summed E-state index contributed by atoms with van der Waals surface area (Å²) in [4.78, 5) is 12.9. The highest BCUT2D eigenvalue weighted by Crippen LogP contribution is 2.26. The second kappa shape index (κ2) is 6.22. The standard InChI is InChI=1S/C15H17N3O2S/c1-20-12-8-6-10(7-9-12)13-14(21-18-17-13)15(19)16-11-4-2-3-5-11/h6-9,11H,2-5H2,1H3,(H,16,19). The third-order valence-electron chi connectivity index (χ3n) is 3.75. The van der Waals surface area contributed by atoms with E-state index in [0.29, 0.717) is 16.6 Å². The number of carbonyl (C=O) groups excluding carboxylic acids is 1. The highest BCUT2D eigenvalue weighted by atomic mass is 32.1. The zero-order valence-electron chi connectivity index (χ0n) is 11.8. The van der Waals surface area contributed by atoms with Crippen molar-refractivity contribution in [3.05, 3.63) is 29.1 Å². The number of amides is 1. The summed E-state index contributed by atoms with van der Waals surface area (Å²) in [6.45, 7) is 0. The van der Waals surface area contributed by atoms with Crippen LogP contribution in [0.15, 0.2) is 24.3 Å². The lowest BCUT2D eigenvalue weighted by Gasteiger charge is -2.11. The van der Waals surface area contributed by atoms with Crippen LogP contribution in [0.2, 0.25) is 0 Å². The number of aromatic nitrogens is 2. The summed E-state index contributed by atoms with van der Waals surface area (Å²) in [6.07, 6.45) is 4.51. The van der Waals surface area contributed by atoms with E-state index in [-0.39, 0.29) is 5.91 Å². The molecular formula is C15H17N3O2S. The van der Waals surface area contributed by atoms with E-state index >= 15 is 0 Å². The van der Waals surface area contributed by atoms with Crippen LogP contribution in [0.3, 0.4) is 0 Å². The van der Waals surface area contributed by atoms with Gasteiger partial charge in [-0.2, -0.15) is 0 Å². The fourth-order valence-corrected chi connectivity index (χ4v) is 3.19. The van der Waals surface area contributed by atoms with Gasteiger partial charge in [-0.15, -0.1) is 5.10 Å². The summed E-state index contributed by atoms with van der Waals surface area (Å²) in [5.74, 6) is 0.710. The van der Waals surface area contributed by atoms with Crippen LogP contribution >= 0.6 is 11.5 Å². The van der Waals surface area contributed by atoms with Gasteiger partial charge in [0.15, 0.2) is 0 Å². The van der Waals surface area contributed by atoms with Crippen molar-refractivity contribution in [1.29, 1.82) is 0 Å². The van der Waals surface area contributed by atoms with Gasteiger partial charge >= 0.3 is 0 Å². The number of hydrogen-bond acceptors (Lipinski definition) is 5. The van der Waals surface area contributed by atoms with Gasteiger partial charge in [0.05, 0.1) is 7.11 Å². The first-order chi connectivity index (χ1) is 10.3. The molecule has 0 bridgehead atoms. The van der Waals surface area contributed by atoms with Crippen molar-refractivity contribution >= 4 is 17.4 Å². The third kappa shape index (κ3) is 3.05. The van der Waals surface area contributed by atoms with Crippen molar-refractivity contribution in [3.8, 4) is 17.0 Å². The van der Waals surface area contributed by atoms with Gasteiger partial charge in [-0.25, -0.2) is 0 Å². The molecule has 0 unspecified atom stereocenters. The Balaban J connectivity index is 1.80. The topological polar surface area (TPSA) is 64.1 Å².